The maximum atomic E-state index is 12.2. The average Bonchev–Trinajstić information content (AvgIpc) is 2.43. The van der Waals surface area contributed by atoms with Gasteiger partial charge >= 0.3 is 5.97 Å². The summed E-state index contributed by atoms with van der Waals surface area (Å²) in [6.45, 7) is 7.65. The molecule has 4 heteroatoms. The highest BCUT2D eigenvalue weighted by Gasteiger charge is 2.36. The molecule has 0 radical (unpaired) electrons. The molecule has 2 rings (SSSR count). The van der Waals surface area contributed by atoms with Crippen LogP contribution in [-0.2, 0) is 19.8 Å². The Balaban J connectivity index is 2.15. The van der Waals surface area contributed by atoms with Crippen LogP contribution in [-0.4, -0.2) is 25.8 Å². The van der Waals surface area contributed by atoms with Crippen molar-refractivity contribution in [3.8, 4) is 0 Å². The van der Waals surface area contributed by atoms with E-state index in [9.17, 15) is 4.79 Å². The largest absolute Gasteiger partial charge is 0.465 e. The van der Waals surface area contributed by atoms with E-state index in [2.05, 4.69) is 0 Å². The van der Waals surface area contributed by atoms with E-state index in [1.165, 1.54) is 0 Å². The molecule has 1 aliphatic rings. The number of ether oxygens (including phenoxy) is 2. The van der Waals surface area contributed by atoms with Crippen LogP contribution in [0, 0.1) is 5.92 Å². The number of hydrogen-bond acceptors (Lipinski definition) is 4. The molecule has 0 amide bonds. The Morgan fingerprint density at radius 3 is 2.38 bits per heavy atom. The molecule has 2 N–H and O–H groups in total. The van der Waals surface area contributed by atoms with Crippen molar-refractivity contribution in [3.05, 3.63) is 35.4 Å². The number of hydrogen-bond donors (Lipinski definition) is 1. The van der Waals surface area contributed by atoms with Gasteiger partial charge in [-0.1, -0.05) is 45.0 Å². The van der Waals surface area contributed by atoms with Gasteiger partial charge in [0.2, 0.25) is 0 Å². The van der Waals surface area contributed by atoms with Crippen molar-refractivity contribution >= 4 is 5.97 Å². The Bertz CT molecular complexity index is 477. The fourth-order valence-electron chi connectivity index (χ4n) is 2.60. The third-order valence-electron chi connectivity index (χ3n) is 3.93. The lowest BCUT2D eigenvalue weighted by molar-refractivity contribution is -0.146. The predicted octanol–water partition coefficient (Wildman–Crippen LogP) is 2.56. The zero-order chi connectivity index (χ0) is 15.5. The molecule has 1 unspecified atom stereocenters. The predicted molar refractivity (Wildman–Crippen MR) is 82.0 cm³/mol. The van der Waals surface area contributed by atoms with Crippen LogP contribution in [0.4, 0.5) is 0 Å². The van der Waals surface area contributed by atoms with Gasteiger partial charge in [-0.05, 0) is 23.5 Å². The van der Waals surface area contributed by atoms with Crippen molar-refractivity contribution in [2.45, 2.75) is 38.6 Å². The minimum absolute atomic E-state index is 0.144. The summed E-state index contributed by atoms with van der Waals surface area (Å²) in [6.07, 6.45) is 0.838. The van der Waals surface area contributed by atoms with E-state index in [0.29, 0.717) is 19.8 Å². The first-order valence-corrected chi connectivity index (χ1v) is 7.61. The molecule has 0 spiro atoms. The van der Waals surface area contributed by atoms with Gasteiger partial charge in [0.15, 0.2) is 0 Å². The summed E-state index contributed by atoms with van der Waals surface area (Å²) in [5.74, 6) is -0.176. The molecule has 1 aliphatic heterocycles. The third-order valence-corrected chi connectivity index (χ3v) is 3.93. The normalized spacial score (nSPS) is 18.1. The minimum atomic E-state index is -0.366. The van der Waals surface area contributed by atoms with Crippen LogP contribution in [0.3, 0.4) is 0 Å². The molecule has 1 atom stereocenters. The third kappa shape index (κ3) is 3.44. The highest BCUT2D eigenvalue weighted by atomic mass is 16.5. The van der Waals surface area contributed by atoms with E-state index in [0.717, 1.165) is 17.5 Å². The molecule has 0 bridgehead atoms. The van der Waals surface area contributed by atoms with Crippen molar-refractivity contribution in [3.63, 3.8) is 0 Å². The first kappa shape index (κ1) is 16.0. The topological polar surface area (TPSA) is 61.5 Å². The van der Waals surface area contributed by atoms with Crippen LogP contribution in [0.25, 0.3) is 0 Å². The van der Waals surface area contributed by atoms with Crippen molar-refractivity contribution in [2.75, 3.05) is 19.8 Å². The van der Waals surface area contributed by atoms with Gasteiger partial charge < -0.3 is 15.2 Å². The van der Waals surface area contributed by atoms with Crippen LogP contribution in [0.15, 0.2) is 24.3 Å². The molecule has 1 fully saturated rings. The van der Waals surface area contributed by atoms with Crippen LogP contribution in [0.2, 0.25) is 0 Å². The number of nitrogens with two attached hydrogens (primary N) is 1. The second kappa shape index (κ2) is 6.58. The Hall–Kier alpha value is -1.39. The average molecular weight is 291 g/mol. The van der Waals surface area contributed by atoms with Crippen molar-refractivity contribution in [1.82, 2.24) is 0 Å². The van der Waals surface area contributed by atoms with Crippen LogP contribution in [0.1, 0.15) is 44.2 Å². The molecule has 0 saturated carbocycles. The zero-order valence-electron chi connectivity index (χ0n) is 13.1. The maximum Gasteiger partial charge on any atom is 0.313 e. The van der Waals surface area contributed by atoms with E-state index in [1.54, 1.807) is 0 Å². The first-order chi connectivity index (χ1) is 9.98. The number of esters is 1. The van der Waals surface area contributed by atoms with Crippen LogP contribution in [0.5, 0.6) is 0 Å². The second-order valence-corrected chi connectivity index (χ2v) is 6.16. The van der Waals surface area contributed by atoms with Crippen molar-refractivity contribution < 1.29 is 14.3 Å². The van der Waals surface area contributed by atoms with Crippen molar-refractivity contribution in [2.24, 2.45) is 11.7 Å². The molecule has 21 heavy (non-hydrogen) atoms. The molecular formula is C17H25NO3. The molecule has 1 aromatic rings. The quantitative estimate of drug-likeness (QED) is 0.818. The summed E-state index contributed by atoms with van der Waals surface area (Å²) < 4.78 is 10.5. The van der Waals surface area contributed by atoms with Gasteiger partial charge in [0.1, 0.15) is 0 Å². The van der Waals surface area contributed by atoms with E-state index in [-0.39, 0.29) is 23.3 Å². The summed E-state index contributed by atoms with van der Waals surface area (Å²) in [4.78, 5) is 12.2. The fourth-order valence-corrected chi connectivity index (χ4v) is 2.60. The summed E-state index contributed by atoms with van der Waals surface area (Å²) in [7, 11) is 0. The number of carbonyl (C=O) groups is 1. The lowest BCUT2D eigenvalue weighted by Crippen LogP contribution is -2.54. The Morgan fingerprint density at radius 1 is 1.33 bits per heavy atom. The summed E-state index contributed by atoms with van der Waals surface area (Å²) >= 11 is 0. The van der Waals surface area contributed by atoms with Crippen LogP contribution >= 0.6 is 0 Å². The van der Waals surface area contributed by atoms with Crippen molar-refractivity contribution in [1.29, 1.82) is 0 Å². The monoisotopic (exact) mass is 291 g/mol. The number of benzene rings is 1. The molecule has 1 heterocycles. The molecule has 116 valence electrons. The first-order valence-electron chi connectivity index (χ1n) is 7.61. The summed E-state index contributed by atoms with van der Waals surface area (Å²) in [5.41, 5.74) is 7.89. The number of rotatable bonds is 6. The standard InChI is InChI=1S/C17H25NO3/c1-4-9-21-16(19)15(12(2)3)13-5-7-14(8-6-13)17(18)10-20-11-17/h5-8,12,15H,4,9-11,18H2,1-3H3. The van der Waals surface area contributed by atoms with Gasteiger partial charge in [-0.2, -0.15) is 0 Å². The molecule has 0 aromatic heterocycles. The fraction of sp³-hybridized carbons (Fsp3) is 0.588. The van der Waals surface area contributed by atoms with Crippen LogP contribution < -0.4 is 5.73 Å². The van der Waals surface area contributed by atoms with Gasteiger partial charge in [-0.15, -0.1) is 0 Å². The molecular weight excluding hydrogens is 266 g/mol. The van der Waals surface area contributed by atoms with E-state index >= 15 is 0 Å². The SMILES string of the molecule is CCCOC(=O)C(c1ccc(C2(N)COC2)cc1)C(C)C. The van der Waals surface area contributed by atoms with Gasteiger partial charge in [-0.3, -0.25) is 4.79 Å². The lowest BCUT2D eigenvalue weighted by atomic mass is 9.84. The molecule has 1 saturated heterocycles. The Kier molecular flexibility index (Phi) is 5.01. The summed E-state index contributed by atoms with van der Waals surface area (Å²) in [6, 6.07) is 7.97. The second-order valence-electron chi connectivity index (χ2n) is 6.16. The maximum absolute atomic E-state index is 12.2. The Morgan fingerprint density at radius 2 is 1.95 bits per heavy atom. The molecule has 4 nitrogen and oxygen atoms in total. The molecule has 1 aromatic carbocycles. The van der Waals surface area contributed by atoms with Gasteiger partial charge in [-0.25, -0.2) is 0 Å². The smallest absolute Gasteiger partial charge is 0.313 e. The summed E-state index contributed by atoms with van der Waals surface area (Å²) in [5, 5.41) is 0. The highest BCUT2D eigenvalue weighted by molar-refractivity contribution is 5.78. The molecule has 0 aliphatic carbocycles. The lowest BCUT2D eigenvalue weighted by Gasteiger charge is -2.38. The minimum Gasteiger partial charge on any atom is -0.465 e. The van der Waals surface area contributed by atoms with Gasteiger partial charge in [0.05, 0.1) is 31.3 Å². The van der Waals surface area contributed by atoms with E-state index in [1.807, 2.05) is 45.0 Å². The van der Waals surface area contributed by atoms with Gasteiger partial charge in [0, 0.05) is 0 Å². The Labute approximate surface area is 126 Å². The van der Waals surface area contributed by atoms with Gasteiger partial charge in [0.25, 0.3) is 0 Å². The zero-order valence-corrected chi connectivity index (χ0v) is 13.1. The number of carbonyl (C=O) groups excluding carboxylic acids is 1. The van der Waals surface area contributed by atoms with E-state index < -0.39 is 0 Å². The van der Waals surface area contributed by atoms with E-state index in [4.69, 9.17) is 15.2 Å². The highest BCUT2D eigenvalue weighted by Crippen LogP contribution is 2.30.